The fraction of sp³-hybridized carbons (Fsp3) is 0.875. The molecule has 0 saturated carbocycles. The second-order valence-electron chi connectivity index (χ2n) is 6.62. The summed E-state index contributed by atoms with van der Waals surface area (Å²) in [5.74, 6) is 0.291. The molecule has 0 bridgehead atoms. The summed E-state index contributed by atoms with van der Waals surface area (Å²) in [6.07, 6.45) is 4.16. The molecule has 6 heteroatoms. The number of likely N-dealkylation sites (tertiary alicyclic amines) is 1. The molecule has 2 aliphatic heterocycles. The highest BCUT2D eigenvalue weighted by Gasteiger charge is 2.22. The van der Waals surface area contributed by atoms with Gasteiger partial charge in [-0.1, -0.05) is 0 Å². The molecular formula is C16H30N4O2. The number of carbonyl (C=O) groups excluding carboxylic acids is 2. The Morgan fingerprint density at radius 2 is 1.55 bits per heavy atom. The van der Waals surface area contributed by atoms with Gasteiger partial charge in [-0.15, -0.1) is 0 Å². The van der Waals surface area contributed by atoms with Crippen LogP contribution in [0.2, 0.25) is 0 Å². The van der Waals surface area contributed by atoms with Gasteiger partial charge in [0.2, 0.25) is 5.91 Å². The third-order valence-corrected chi connectivity index (χ3v) is 4.42. The van der Waals surface area contributed by atoms with Gasteiger partial charge in [-0.25, -0.2) is 4.79 Å². The van der Waals surface area contributed by atoms with Crippen LogP contribution in [0.25, 0.3) is 0 Å². The Morgan fingerprint density at radius 1 is 0.909 bits per heavy atom. The van der Waals surface area contributed by atoms with Gasteiger partial charge in [-0.3, -0.25) is 9.69 Å². The molecule has 0 aromatic carbocycles. The monoisotopic (exact) mass is 310 g/mol. The van der Waals surface area contributed by atoms with Crippen molar-refractivity contribution in [1.82, 2.24) is 20.0 Å². The van der Waals surface area contributed by atoms with E-state index < -0.39 is 0 Å². The smallest absolute Gasteiger partial charge is 0.317 e. The predicted molar refractivity (Wildman–Crippen MR) is 86.7 cm³/mol. The van der Waals surface area contributed by atoms with Crippen molar-refractivity contribution in [2.24, 2.45) is 0 Å². The highest BCUT2D eigenvalue weighted by Crippen LogP contribution is 2.11. The Bertz CT molecular complexity index is 372. The highest BCUT2D eigenvalue weighted by atomic mass is 16.2. The van der Waals surface area contributed by atoms with E-state index in [0.29, 0.717) is 12.3 Å². The maximum absolute atomic E-state index is 12.2. The van der Waals surface area contributed by atoms with Crippen molar-refractivity contribution < 1.29 is 9.59 Å². The third kappa shape index (κ3) is 5.16. The number of piperazine rings is 1. The number of hydrogen-bond acceptors (Lipinski definition) is 3. The fourth-order valence-corrected chi connectivity index (χ4v) is 3.07. The number of amides is 3. The number of hydrogen-bond donors (Lipinski definition) is 1. The topological polar surface area (TPSA) is 55.9 Å². The Morgan fingerprint density at radius 3 is 2.14 bits per heavy atom. The number of nitrogens with one attached hydrogen (secondary N) is 1. The molecule has 3 amide bonds. The Labute approximate surface area is 133 Å². The van der Waals surface area contributed by atoms with Gasteiger partial charge < -0.3 is 15.1 Å². The second-order valence-corrected chi connectivity index (χ2v) is 6.62. The highest BCUT2D eigenvalue weighted by molar-refractivity contribution is 5.76. The Kier molecular flexibility index (Phi) is 6.49. The van der Waals surface area contributed by atoms with Gasteiger partial charge in [0.15, 0.2) is 0 Å². The molecule has 2 heterocycles. The molecule has 0 aliphatic carbocycles. The van der Waals surface area contributed by atoms with Gasteiger partial charge in [-0.2, -0.15) is 0 Å². The van der Waals surface area contributed by atoms with Gasteiger partial charge in [0, 0.05) is 58.3 Å². The summed E-state index contributed by atoms with van der Waals surface area (Å²) in [6.45, 7) is 9.84. The van der Waals surface area contributed by atoms with Crippen LogP contribution in [0.1, 0.15) is 39.5 Å². The molecule has 126 valence electrons. The van der Waals surface area contributed by atoms with E-state index in [9.17, 15) is 9.59 Å². The maximum Gasteiger partial charge on any atom is 0.317 e. The molecule has 2 rings (SSSR count). The summed E-state index contributed by atoms with van der Waals surface area (Å²) in [5, 5.41) is 2.93. The van der Waals surface area contributed by atoms with Gasteiger partial charge in [0.1, 0.15) is 0 Å². The summed E-state index contributed by atoms with van der Waals surface area (Å²) in [4.78, 5) is 30.2. The lowest BCUT2D eigenvalue weighted by Gasteiger charge is -2.35. The van der Waals surface area contributed by atoms with Gasteiger partial charge >= 0.3 is 6.03 Å². The molecule has 1 N–H and O–H groups in total. The number of urea groups is 1. The van der Waals surface area contributed by atoms with E-state index in [1.54, 1.807) is 0 Å². The third-order valence-electron chi connectivity index (χ3n) is 4.42. The first-order valence-electron chi connectivity index (χ1n) is 8.62. The zero-order valence-electron chi connectivity index (χ0n) is 14.0. The van der Waals surface area contributed by atoms with Crippen LogP contribution in [0.4, 0.5) is 4.79 Å². The first-order valence-corrected chi connectivity index (χ1v) is 8.62. The first kappa shape index (κ1) is 17.1. The summed E-state index contributed by atoms with van der Waals surface area (Å²) in [7, 11) is 0. The Balaban J connectivity index is 1.64. The zero-order chi connectivity index (χ0) is 15.9. The predicted octanol–water partition coefficient (Wildman–Crippen LogP) is 1.12. The molecule has 2 saturated heterocycles. The van der Waals surface area contributed by atoms with Crippen LogP contribution < -0.4 is 5.32 Å². The minimum absolute atomic E-state index is 0.0269. The van der Waals surface area contributed by atoms with Crippen LogP contribution in [-0.4, -0.2) is 78.5 Å². The van der Waals surface area contributed by atoms with E-state index in [4.69, 9.17) is 0 Å². The quantitative estimate of drug-likeness (QED) is 0.847. The number of carbonyl (C=O) groups is 2. The lowest BCUT2D eigenvalue weighted by atomic mass is 10.1. The fourth-order valence-electron chi connectivity index (χ4n) is 3.07. The van der Waals surface area contributed by atoms with Crippen molar-refractivity contribution in [3.8, 4) is 0 Å². The average molecular weight is 310 g/mol. The van der Waals surface area contributed by atoms with Crippen molar-refractivity contribution in [1.29, 1.82) is 0 Å². The maximum atomic E-state index is 12.2. The summed E-state index contributed by atoms with van der Waals surface area (Å²) in [5.41, 5.74) is 0. The molecule has 0 radical (unpaired) electrons. The lowest BCUT2D eigenvalue weighted by molar-refractivity contribution is -0.132. The van der Waals surface area contributed by atoms with E-state index in [0.717, 1.165) is 58.7 Å². The first-order chi connectivity index (χ1) is 10.6. The molecular weight excluding hydrogens is 280 g/mol. The van der Waals surface area contributed by atoms with Crippen LogP contribution in [0, 0.1) is 0 Å². The molecule has 0 aromatic rings. The molecule has 0 aromatic heterocycles. The van der Waals surface area contributed by atoms with E-state index in [1.807, 2.05) is 23.6 Å². The SMILES string of the molecule is CC(C)NC(=O)N1CCN(CCC(=O)N2CCCCC2)CC1. The van der Waals surface area contributed by atoms with Gasteiger partial charge in [0.05, 0.1) is 0 Å². The standard InChI is InChI=1S/C16H30N4O2/c1-14(2)17-16(22)20-12-10-18(11-13-20)9-6-15(21)19-7-4-3-5-8-19/h14H,3-13H2,1-2H3,(H,17,22). The minimum atomic E-state index is 0.0269. The van der Waals surface area contributed by atoms with Gasteiger partial charge in [-0.05, 0) is 33.1 Å². The minimum Gasteiger partial charge on any atom is -0.343 e. The average Bonchev–Trinajstić information content (AvgIpc) is 2.53. The van der Waals surface area contributed by atoms with Crippen LogP contribution in [0.5, 0.6) is 0 Å². The van der Waals surface area contributed by atoms with Crippen molar-refractivity contribution in [2.45, 2.75) is 45.6 Å². The molecule has 0 spiro atoms. The van der Waals surface area contributed by atoms with Gasteiger partial charge in [0.25, 0.3) is 0 Å². The molecule has 6 nitrogen and oxygen atoms in total. The Hall–Kier alpha value is -1.30. The van der Waals surface area contributed by atoms with Crippen molar-refractivity contribution in [2.75, 3.05) is 45.8 Å². The zero-order valence-corrected chi connectivity index (χ0v) is 14.0. The number of nitrogens with zero attached hydrogens (tertiary/aromatic N) is 3. The van der Waals surface area contributed by atoms with E-state index in [1.165, 1.54) is 6.42 Å². The lowest BCUT2D eigenvalue weighted by Crippen LogP contribution is -2.53. The molecule has 0 atom stereocenters. The normalized spacial score (nSPS) is 20.3. The summed E-state index contributed by atoms with van der Waals surface area (Å²) in [6, 6.07) is 0.201. The van der Waals surface area contributed by atoms with E-state index in [-0.39, 0.29) is 12.1 Å². The molecule has 0 unspecified atom stereocenters. The summed E-state index contributed by atoms with van der Waals surface area (Å²) >= 11 is 0. The van der Waals surface area contributed by atoms with Crippen LogP contribution in [0.15, 0.2) is 0 Å². The number of piperidine rings is 1. The number of rotatable bonds is 4. The second kappa shape index (κ2) is 8.36. The molecule has 2 fully saturated rings. The molecule has 22 heavy (non-hydrogen) atoms. The summed E-state index contributed by atoms with van der Waals surface area (Å²) < 4.78 is 0. The van der Waals surface area contributed by atoms with Crippen LogP contribution >= 0.6 is 0 Å². The van der Waals surface area contributed by atoms with E-state index in [2.05, 4.69) is 10.2 Å². The largest absolute Gasteiger partial charge is 0.343 e. The van der Waals surface area contributed by atoms with Crippen molar-refractivity contribution in [3.05, 3.63) is 0 Å². The van der Waals surface area contributed by atoms with E-state index >= 15 is 0 Å². The van der Waals surface area contributed by atoms with Crippen molar-refractivity contribution >= 4 is 11.9 Å². The van der Waals surface area contributed by atoms with Crippen LogP contribution in [-0.2, 0) is 4.79 Å². The van der Waals surface area contributed by atoms with Crippen molar-refractivity contribution in [3.63, 3.8) is 0 Å². The molecule has 2 aliphatic rings. The van der Waals surface area contributed by atoms with Crippen LogP contribution in [0.3, 0.4) is 0 Å².